The number of nitrogens with two attached hydrogens (primary N) is 1. The Balaban J connectivity index is 0.00000264. The second-order valence-corrected chi connectivity index (χ2v) is 7.26. The maximum atomic E-state index is 12.2. The molecule has 1 aromatic carbocycles. The number of Topliss-reactive ketones (excluding diaryl/α,β-unsaturated/α-hetero) is 1. The van der Waals surface area contributed by atoms with Gasteiger partial charge in [0.05, 0.1) is 0 Å². The average molecular weight is 339 g/mol. The number of halogens is 1. The molecule has 2 atom stereocenters. The van der Waals surface area contributed by atoms with Gasteiger partial charge in [-0.25, -0.2) is 0 Å². The van der Waals surface area contributed by atoms with E-state index in [1.165, 1.54) is 0 Å². The van der Waals surface area contributed by atoms with Gasteiger partial charge in [-0.2, -0.15) is 0 Å². The molecule has 1 fully saturated rings. The maximum absolute atomic E-state index is 12.2. The van der Waals surface area contributed by atoms with Gasteiger partial charge in [0.2, 0.25) is 5.91 Å². The van der Waals surface area contributed by atoms with Crippen molar-refractivity contribution in [3.63, 3.8) is 0 Å². The first kappa shape index (κ1) is 19.7. The highest BCUT2D eigenvalue weighted by molar-refractivity contribution is 6.00. The van der Waals surface area contributed by atoms with Gasteiger partial charge in [-0.05, 0) is 43.0 Å². The lowest BCUT2D eigenvalue weighted by atomic mass is 9.86. The zero-order valence-electron chi connectivity index (χ0n) is 14.1. The molecule has 4 nitrogen and oxygen atoms in total. The van der Waals surface area contributed by atoms with Crippen molar-refractivity contribution < 1.29 is 9.59 Å². The van der Waals surface area contributed by atoms with E-state index in [4.69, 9.17) is 5.73 Å². The van der Waals surface area contributed by atoms with Crippen LogP contribution in [0.15, 0.2) is 24.3 Å². The first-order valence-electron chi connectivity index (χ1n) is 7.97. The number of amides is 1. The van der Waals surface area contributed by atoms with Crippen molar-refractivity contribution in [2.75, 3.05) is 5.32 Å². The molecular formula is C18H27ClN2O2. The highest BCUT2D eigenvalue weighted by atomic mass is 35.5. The topological polar surface area (TPSA) is 72.2 Å². The van der Waals surface area contributed by atoms with Crippen molar-refractivity contribution >= 4 is 29.8 Å². The molecule has 0 heterocycles. The summed E-state index contributed by atoms with van der Waals surface area (Å²) >= 11 is 0. The van der Waals surface area contributed by atoms with Crippen molar-refractivity contribution in [1.29, 1.82) is 0 Å². The Morgan fingerprint density at radius 2 is 1.78 bits per heavy atom. The first-order chi connectivity index (χ1) is 10.3. The van der Waals surface area contributed by atoms with E-state index in [0.29, 0.717) is 17.9 Å². The van der Waals surface area contributed by atoms with Crippen LogP contribution in [-0.2, 0) is 4.79 Å². The molecule has 0 radical (unpaired) electrons. The molecule has 0 bridgehead atoms. The van der Waals surface area contributed by atoms with Gasteiger partial charge in [-0.1, -0.05) is 27.2 Å². The van der Waals surface area contributed by atoms with Crippen LogP contribution in [0.4, 0.5) is 5.69 Å². The van der Waals surface area contributed by atoms with Crippen LogP contribution < -0.4 is 11.1 Å². The fraction of sp³-hybridized carbons (Fsp3) is 0.556. The summed E-state index contributed by atoms with van der Waals surface area (Å²) in [4.78, 5) is 24.2. The van der Waals surface area contributed by atoms with Crippen LogP contribution in [0.3, 0.4) is 0 Å². The summed E-state index contributed by atoms with van der Waals surface area (Å²) in [6.45, 7) is 5.70. The normalized spacial score (nSPS) is 20.7. The molecule has 3 N–H and O–H groups in total. The van der Waals surface area contributed by atoms with Crippen LogP contribution in [0, 0.1) is 11.3 Å². The highest BCUT2D eigenvalue weighted by Crippen LogP contribution is 2.27. The van der Waals surface area contributed by atoms with Crippen molar-refractivity contribution in [1.82, 2.24) is 0 Å². The smallest absolute Gasteiger partial charge is 0.224 e. The average Bonchev–Trinajstić information content (AvgIpc) is 2.83. The summed E-state index contributed by atoms with van der Waals surface area (Å²) in [6.07, 6.45) is 3.64. The lowest BCUT2D eigenvalue weighted by Gasteiger charge is -2.17. The molecule has 1 aliphatic carbocycles. The highest BCUT2D eigenvalue weighted by Gasteiger charge is 2.26. The van der Waals surface area contributed by atoms with Gasteiger partial charge in [-0.15, -0.1) is 12.4 Å². The van der Waals surface area contributed by atoms with Crippen molar-refractivity contribution in [3.05, 3.63) is 29.8 Å². The Morgan fingerprint density at radius 3 is 2.26 bits per heavy atom. The molecule has 23 heavy (non-hydrogen) atoms. The largest absolute Gasteiger partial charge is 0.327 e. The van der Waals surface area contributed by atoms with E-state index in [9.17, 15) is 9.59 Å². The Hall–Kier alpha value is -1.39. The Morgan fingerprint density at radius 1 is 1.17 bits per heavy atom. The number of ketones is 1. The molecule has 2 rings (SSSR count). The summed E-state index contributed by atoms with van der Waals surface area (Å²) in [5.41, 5.74) is 6.99. The summed E-state index contributed by atoms with van der Waals surface area (Å²) in [6, 6.07) is 7.25. The molecule has 0 saturated heterocycles. The van der Waals surface area contributed by atoms with Crippen molar-refractivity contribution in [2.24, 2.45) is 17.1 Å². The molecule has 0 unspecified atom stereocenters. The number of anilines is 1. The van der Waals surface area contributed by atoms with Gasteiger partial charge in [0.15, 0.2) is 5.78 Å². The van der Waals surface area contributed by atoms with Crippen LogP contribution in [-0.4, -0.2) is 17.7 Å². The van der Waals surface area contributed by atoms with E-state index in [-0.39, 0.29) is 30.1 Å². The Labute approximate surface area is 144 Å². The second kappa shape index (κ2) is 7.93. The van der Waals surface area contributed by atoms with E-state index in [1.54, 1.807) is 24.3 Å². The van der Waals surface area contributed by atoms with Crippen LogP contribution in [0.5, 0.6) is 0 Å². The Bertz CT molecular complexity index is 549. The molecule has 0 aliphatic heterocycles. The minimum absolute atomic E-state index is 0. The predicted molar refractivity (Wildman–Crippen MR) is 96.0 cm³/mol. The molecule has 0 spiro atoms. The van der Waals surface area contributed by atoms with Crippen LogP contribution in [0.1, 0.15) is 56.8 Å². The lowest BCUT2D eigenvalue weighted by molar-refractivity contribution is -0.117. The van der Waals surface area contributed by atoms with E-state index < -0.39 is 5.41 Å². The number of benzene rings is 1. The van der Waals surface area contributed by atoms with E-state index in [2.05, 4.69) is 5.32 Å². The standard InChI is InChI=1S/C18H26N2O2.ClH/c1-18(2,3)17(22)12-7-9-14(10-8-12)20-16(21)11-13-5-4-6-15(13)19;/h7-10,13,15H,4-6,11,19H2,1-3H3,(H,20,21);1H/t13-,15+;/m0./s1. The Kier molecular flexibility index (Phi) is 6.78. The monoisotopic (exact) mass is 338 g/mol. The van der Waals surface area contributed by atoms with E-state index in [1.807, 2.05) is 20.8 Å². The number of hydrogen-bond donors (Lipinski definition) is 2. The molecule has 1 aliphatic rings. The van der Waals surface area contributed by atoms with Crippen LogP contribution >= 0.6 is 12.4 Å². The minimum Gasteiger partial charge on any atom is -0.327 e. The van der Waals surface area contributed by atoms with E-state index in [0.717, 1.165) is 24.9 Å². The zero-order chi connectivity index (χ0) is 16.3. The van der Waals surface area contributed by atoms with Crippen molar-refractivity contribution in [2.45, 2.75) is 52.5 Å². The summed E-state index contributed by atoms with van der Waals surface area (Å²) in [5.74, 6) is 0.390. The molecule has 128 valence electrons. The maximum Gasteiger partial charge on any atom is 0.224 e. The van der Waals surface area contributed by atoms with Gasteiger partial charge in [0.1, 0.15) is 0 Å². The quantitative estimate of drug-likeness (QED) is 0.820. The second-order valence-electron chi connectivity index (χ2n) is 7.26. The molecule has 0 aromatic heterocycles. The molecule has 5 heteroatoms. The number of hydrogen-bond acceptors (Lipinski definition) is 3. The molecule has 1 aromatic rings. The van der Waals surface area contributed by atoms with Gasteiger partial charge in [-0.3, -0.25) is 9.59 Å². The minimum atomic E-state index is -0.399. The predicted octanol–water partition coefficient (Wildman–Crippen LogP) is 3.79. The number of nitrogens with one attached hydrogen (secondary N) is 1. The SMILES string of the molecule is CC(C)(C)C(=O)c1ccc(NC(=O)C[C@@H]2CCC[C@H]2N)cc1.Cl. The third-order valence-corrected chi connectivity index (χ3v) is 4.28. The van der Waals surface area contributed by atoms with Gasteiger partial charge >= 0.3 is 0 Å². The fourth-order valence-electron chi connectivity index (χ4n) is 2.91. The number of carbonyl (C=O) groups is 2. The summed E-state index contributed by atoms with van der Waals surface area (Å²) < 4.78 is 0. The van der Waals surface area contributed by atoms with Crippen LogP contribution in [0.25, 0.3) is 0 Å². The number of carbonyl (C=O) groups excluding carboxylic acids is 2. The molecule has 1 amide bonds. The lowest BCUT2D eigenvalue weighted by Crippen LogP contribution is -2.28. The van der Waals surface area contributed by atoms with Gasteiger partial charge in [0.25, 0.3) is 0 Å². The first-order valence-corrected chi connectivity index (χ1v) is 7.97. The zero-order valence-corrected chi connectivity index (χ0v) is 14.9. The molecular weight excluding hydrogens is 312 g/mol. The fourth-order valence-corrected chi connectivity index (χ4v) is 2.91. The van der Waals surface area contributed by atoms with Gasteiger partial charge < -0.3 is 11.1 Å². The number of rotatable bonds is 4. The molecule has 1 saturated carbocycles. The summed E-state index contributed by atoms with van der Waals surface area (Å²) in [7, 11) is 0. The van der Waals surface area contributed by atoms with Gasteiger partial charge in [0, 0.05) is 29.1 Å². The van der Waals surface area contributed by atoms with Crippen LogP contribution in [0.2, 0.25) is 0 Å². The third-order valence-electron chi connectivity index (χ3n) is 4.28. The third kappa shape index (κ3) is 5.33. The van der Waals surface area contributed by atoms with E-state index >= 15 is 0 Å². The summed E-state index contributed by atoms with van der Waals surface area (Å²) in [5, 5.41) is 2.89. The van der Waals surface area contributed by atoms with Crippen molar-refractivity contribution in [3.8, 4) is 0 Å².